The van der Waals surface area contributed by atoms with Crippen LogP contribution >= 0.6 is 7.52 Å². The van der Waals surface area contributed by atoms with Gasteiger partial charge in [-0.3, -0.25) is 9.36 Å². The molecule has 0 heterocycles. The largest absolute Gasteiger partial charge is 0.482 e. The second-order valence-electron chi connectivity index (χ2n) is 11.3. The van der Waals surface area contributed by atoms with Gasteiger partial charge in [0.05, 0.1) is 12.7 Å². The average molecular weight is 612 g/mol. The van der Waals surface area contributed by atoms with Gasteiger partial charge in [0.1, 0.15) is 17.5 Å². The number of carbonyl (C=O) groups excluding carboxylic acids is 1. The summed E-state index contributed by atoms with van der Waals surface area (Å²) in [6.45, 7) is 13.8. The van der Waals surface area contributed by atoms with E-state index in [0.717, 1.165) is 34.4 Å². The molecule has 43 heavy (non-hydrogen) atoms. The van der Waals surface area contributed by atoms with Crippen LogP contribution in [-0.2, 0) is 36.4 Å². The van der Waals surface area contributed by atoms with Crippen LogP contribution in [0.5, 0.6) is 11.5 Å². The van der Waals surface area contributed by atoms with Crippen LogP contribution in [0.15, 0.2) is 60.7 Å². The number of benzene rings is 3. The molecule has 0 bridgehead atoms. The summed E-state index contributed by atoms with van der Waals surface area (Å²) < 4.78 is 42.0. The minimum absolute atomic E-state index is 0.102. The molecule has 3 aromatic rings. The minimum atomic E-state index is -3.62. The maximum atomic E-state index is 13.9. The summed E-state index contributed by atoms with van der Waals surface area (Å²) in [4.78, 5) is 12.5. The van der Waals surface area contributed by atoms with Crippen LogP contribution in [0.25, 0.3) is 0 Å². The van der Waals surface area contributed by atoms with Gasteiger partial charge in [-0.25, -0.2) is 5.09 Å². The first-order valence-corrected chi connectivity index (χ1v) is 16.4. The van der Waals surface area contributed by atoms with Gasteiger partial charge >= 0.3 is 13.5 Å². The lowest BCUT2D eigenvalue weighted by Gasteiger charge is -2.24. The van der Waals surface area contributed by atoms with Crippen LogP contribution in [0.1, 0.15) is 73.9 Å². The summed E-state index contributed by atoms with van der Waals surface area (Å²) in [6, 6.07) is 18.8. The summed E-state index contributed by atoms with van der Waals surface area (Å²) in [5, 5.41) is 2.86. The topological polar surface area (TPSA) is 92.3 Å². The number of aryl methyl sites for hydroxylation is 2. The molecule has 0 fully saturated rings. The first kappa shape index (κ1) is 34.3. The van der Waals surface area contributed by atoms with Crippen molar-refractivity contribution in [2.45, 2.75) is 79.6 Å². The standard InChI is InChI=1S/C34H46NO7P/c1-23(2)31-18-29(14-15-33(31)39-21-38-8)19-32-25(5)16-30(17-26(32)6)40-22-43(37,35-27(7)34(36)42-24(3)4)41-20-28-12-10-9-11-13-28/h9-18,23-24,27H,19-22H2,1-8H3,(H,35,37)/t27-,43?/m0/s1. The zero-order chi connectivity index (χ0) is 31.6. The van der Waals surface area contributed by atoms with E-state index in [-0.39, 0.29) is 25.9 Å². The zero-order valence-corrected chi connectivity index (χ0v) is 27.5. The summed E-state index contributed by atoms with van der Waals surface area (Å²) in [6.07, 6.45) is 0.205. The Bertz CT molecular complexity index is 1370. The highest BCUT2D eigenvalue weighted by atomic mass is 31.2. The van der Waals surface area contributed by atoms with Crippen LogP contribution in [0, 0.1) is 13.8 Å². The zero-order valence-electron chi connectivity index (χ0n) is 26.6. The van der Waals surface area contributed by atoms with E-state index in [9.17, 15) is 9.36 Å². The summed E-state index contributed by atoms with van der Waals surface area (Å²) in [5.74, 6) is 1.20. The second kappa shape index (κ2) is 16.1. The van der Waals surface area contributed by atoms with Crippen molar-refractivity contribution in [3.63, 3.8) is 0 Å². The fourth-order valence-electron chi connectivity index (χ4n) is 4.64. The number of hydrogen-bond donors (Lipinski definition) is 1. The molecule has 0 saturated carbocycles. The van der Waals surface area contributed by atoms with E-state index >= 15 is 0 Å². The van der Waals surface area contributed by atoms with E-state index in [0.29, 0.717) is 11.7 Å². The van der Waals surface area contributed by atoms with Crippen molar-refractivity contribution in [3.05, 3.63) is 94.0 Å². The lowest BCUT2D eigenvalue weighted by Crippen LogP contribution is -2.36. The molecule has 3 aromatic carbocycles. The summed E-state index contributed by atoms with van der Waals surface area (Å²) >= 11 is 0. The number of hydrogen-bond acceptors (Lipinski definition) is 7. The molecule has 8 nitrogen and oxygen atoms in total. The predicted octanol–water partition coefficient (Wildman–Crippen LogP) is 7.68. The predicted molar refractivity (Wildman–Crippen MR) is 170 cm³/mol. The lowest BCUT2D eigenvalue weighted by atomic mass is 9.93. The van der Waals surface area contributed by atoms with Crippen molar-refractivity contribution in [3.8, 4) is 11.5 Å². The molecule has 3 rings (SSSR count). The number of esters is 1. The molecule has 0 amide bonds. The van der Waals surface area contributed by atoms with Gasteiger partial charge in [-0.1, -0.05) is 56.3 Å². The third-order valence-electron chi connectivity index (χ3n) is 6.86. The van der Waals surface area contributed by atoms with E-state index in [2.05, 4.69) is 31.1 Å². The van der Waals surface area contributed by atoms with Crippen molar-refractivity contribution >= 4 is 13.5 Å². The van der Waals surface area contributed by atoms with E-state index in [1.165, 1.54) is 11.1 Å². The highest BCUT2D eigenvalue weighted by Gasteiger charge is 2.31. The van der Waals surface area contributed by atoms with Crippen molar-refractivity contribution in [1.82, 2.24) is 5.09 Å². The van der Waals surface area contributed by atoms with Crippen LogP contribution in [0.3, 0.4) is 0 Å². The summed E-state index contributed by atoms with van der Waals surface area (Å²) in [5.41, 5.74) is 6.48. The minimum Gasteiger partial charge on any atom is -0.482 e. The SMILES string of the molecule is COCOc1ccc(Cc2c(C)cc(OCP(=O)(N[C@@H](C)C(=O)OC(C)C)OCc3ccccc3)cc2C)cc1C(C)C. The Hall–Kier alpha value is -3.16. The molecule has 0 saturated heterocycles. The Labute approximate surface area is 256 Å². The Balaban J connectivity index is 1.77. The van der Waals surface area contributed by atoms with Crippen molar-refractivity contribution in [2.75, 3.05) is 20.3 Å². The maximum Gasteiger partial charge on any atom is 0.323 e. The van der Waals surface area contributed by atoms with Crippen LogP contribution < -0.4 is 14.6 Å². The smallest absolute Gasteiger partial charge is 0.323 e. The molecular formula is C34H46NO7P. The molecule has 1 unspecified atom stereocenters. The Morgan fingerprint density at radius 2 is 1.56 bits per heavy atom. The molecular weight excluding hydrogens is 565 g/mol. The van der Waals surface area contributed by atoms with Gasteiger partial charge in [0.15, 0.2) is 13.1 Å². The van der Waals surface area contributed by atoms with Crippen LogP contribution in [0.2, 0.25) is 0 Å². The normalized spacial score (nSPS) is 13.5. The van der Waals surface area contributed by atoms with Crippen LogP contribution in [-0.4, -0.2) is 38.4 Å². The number of ether oxygens (including phenoxy) is 4. The fourth-order valence-corrected chi connectivity index (χ4v) is 6.24. The molecule has 0 aliphatic heterocycles. The number of rotatable bonds is 16. The molecule has 9 heteroatoms. The van der Waals surface area contributed by atoms with E-state index in [4.69, 9.17) is 23.5 Å². The molecule has 0 aromatic heterocycles. The fraction of sp³-hybridized carbons (Fsp3) is 0.441. The van der Waals surface area contributed by atoms with Gasteiger partial charge in [0, 0.05) is 7.11 Å². The monoisotopic (exact) mass is 611 g/mol. The third-order valence-corrected chi connectivity index (χ3v) is 8.65. The summed E-state index contributed by atoms with van der Waals surface area (Å²) in [7, 11) is -2.01. The maximum absolute atomic E-state index is 13.9. The molecule has 234 valence electrons. The quantitative estimate of drug-likeness (QED) is 0.100. The van der Waals surface area contributed by atoms with Gasteiger partial charge < -0.3 is 23.5 Å². The highest BCUT2D eigenvalue weighted by Crippen LogP contribution is 2.44. The van der Waals surface area contributed by atoms with Gasteiger partial charge in [-0.15, -0.1) is 0 Å². The Kier molecular flexibility index (Phi) is 12.8. The van der Waals surface area contributed by atoms with Gasteiger partial charge in [0.25, 0.3) is 0 Å². The second-order valence-corrected chi connectivity index (χ2v) is 13.5. The van der Waals surface area contributed by atoms with E-state index in [1.54, 1.807) is 27.9 Å². The van der Waals surface area contributed by atoms with Crippen molar-refractivity contribution in [2.24, 2.45) is 0 Å². The first-order chi connectivity index (χ1) is 20.4. The first-order valence-electron chi connectivity index (χ1n) is 14.6. The Morgan fingerprint density at radius 1 is 0.884 bits per heavy atom. The molecule has 2 atom stereocenters. The molecule has 0 aliphatic rings. The number of methoxy groups -OCH3 is 1. The average Bonchev–Trinajstić information content (AvgIpc) is 2.96. The number of carbonyl (C=O) groups is 1. The van der Waals surface area contributed by atoms with Gasteiger partial charge in [0.2, 0.25) is 0 Å². The van der Waals surface area contributed by atoms with E-state index in [1.807, 2.05) is 62.4 Å². The van der Waals surface area contributed by atoms with Gasteiger partial charge in [-0.2, -0.15) is 0 Å². The van der Waals surface area contributed by atoms with E-state index < -0.39 is 19.5 Å². The van der Waals surface area contributed by atoms with Crippen molar-refractivity contribution < 1.29 is 32.8 Å². The molecule has 1 N–H and O–H groups in total. The Morgan fingerprint density at radius 3 is 2.16 bits per heavy atom. The number of nitrogens with one attached hydrogen (secondary N) is 1. The lowest BCUT2D eigenvalue weighted by molar-refractivity contribution is -0.149. The molecule has 0 radical (unpaired) electrons. The third kappa shape index (κ3) is 10.5. The molecule has 0 aliphatic carbocycles. The van der Waals surface area contributed by atoms with Crippen LogP contribution in [0.4, 0.5) is 0 Å². The molecule has 0 spiro atoms. The van der Waals surface area contributed by atoms with Gasteiger partial charge in [-0.05, 0) is 98.5 Å². The van der Waals surface area contributed by atoms with Crippen molar-refractivity contribution in [1.29, 1.82) is 0 Å². The highest BCUT2D eigenvalue weighted by molar-refractivity contribution is 7.56.